The molecule has 2 N–H and O–H groups in total. The maximum absolute atomic E-state index is 5.70. The Bertz CT molecular complexity index is 246. The van der Waals surface area contributed by atoms with E-state index in [4.69, 9.17) is 5.73 Å². The number of rotatable bonds is 1. The molecule has 1 nitrogen and oxygen atoms in total. The van der Waals surface area contributed by atoms with Crippen LogP contribution in [0.25, 0.3) is 0 Å². The Kier molecular flexibility index (Phi) is 1.59. The average molecular weight is 218 g/mol. The van der Waals surface area contributed by atoms with Crippen molar-refractivity contribution in [1.82, 2.24) is 0 Å². The highest BCUT2D eigenvalue weighted by molar-refractivity contribution is 9.11. The van der Waals surface area contributed by atoms with E-state index in [1.807, 2.05) is 0 Å². The molecule has 1 saturated carbocycles. The zero-order valence-corrected chi connectivity index (χ0v) is 7.78. The minimum atomic E-state index is 0.436. The normalized spacial score (nSPS) is 30.6. The second-order valence-corrected chi connectivity index (χ2v) is 5.14. The quantitative estimate of drug-likeness (QED) is 0.769. The summed E-state index contributed by atoms with van der Waals surface area (Å²) in [5, 5.41) is 0. The van der Waals surface area contributed by atoms with Crippen molar-refractivity contribution in [3.8, 4) is 0 Å². The van der Waals surface area contributed by atoms with Crippen LogP contribution in [0, 0.1) is 0 Å². The van der Waals surface area contributed by atoms with Gasteiger partial charge in [-0.25, -0.2) is 0 Å². The SMILES string of the molecule is N[C@@H]1C[C@@H]1c1ccc(Br)s1. The van der Waals surface area contributed by atoms with Gasteiger partial charge >= 0.3 is 0 Å². The molecule has 0 bridgehead atoms. The average Bonchev–Trinajstić information content (AvgIpc) is 2.42. The maximum Gasteiger partial charge on any atom is 0.0701 e. The van der Waals surface area contributed by atoms with Crippen LogP contribution in [0.2, 0.25) is 0 Å². The molecule has 1 aromatic heterocycles. The predicted molar refractivity (Wildman–Crippen MR) is 47.4 cm³/mol. The van der Waals surface area contributed by atoms with Gasteiger partial charge in [0.2, 0.25) is 0 Å². The van der Waals surface area contributed by atoms with Crippen LogP contribution in [0.15, 0.2) is 15.9 Å². The number of halogens is 1. The first-order valence-corrected chi connectivity index (χ1v) is 4.89. The van der Waals surface area contributed by atoms with Crippen LogP contribution in [0.3, 0.4) is 0 Å². The Morgan fingerprint density at radius 1 is 1.60 bits per heavy atom. The number of hydrogen-bond acceptors (Lipinski definition) is 2. The Hall–Kier alpha value is 0.140. The molecule has 54 valence electrons. The van der Waals surface area contributed by atoms with Crippen molar-refractivity contribution in [2.75, 3.05) is 0 Å². The van der Waals surface area contributed by atoms with Crippen LogP contribution in [0.1, 0.15) is 17.2 Å². The topological polar surface area (TPSA) is 26.0 Å². The summed E-state index contributed by atoms with van der Waals surface area (Å²) in [6, 6.07) is 4.68. The van der Waals surface area contributed by atoms with Crippen molar-refractivity contribution >= 4 is 27.3 Å². The van der Waals surface area contributed by atoms with Crippen LogP contribution in [-0.2, 0) is 0 Å². The molecule has 1 fully saturated rings. The first-order chi connectivity index (χ1) is 4.77. The van der Waals surface area contributed by atoms with Gasteiger partial charge in [0.1, 0.15) is 0 Å². The van der Waals surface area contributed by atoms with Gasteiger partial charge in [-0.3, -0.25) is 0 Å². The largest absolute Gasteiger partial charge is 0.327 e. The summed E-state index contributed by atoms with van der Waals surface area (Å²) < 4.78 is 1.21. The van der Waals surface area contributed by atoms with Crippen LogP contribution in [0.5, 0.6) is 0 Å². The molecule has 2 rings (SSSR count). The van der Waals surface area contributed by atoms with Gasteiger partial charge in [0.15, 0.2) is 0 Å². The summed E-state index contributed by atoms with van der Waals surface area (Å²) >= 11 is 5.22. The molecule has 2 atom stereocenters. The first kappa shape index (κ1) is 6.83. The summed E-state index contributed by atoms with van der Waals surface area (Å²) in [7, 11) is 0. The maximum atomic E-state index is 5.70. The van der Waals surface area contributed by atoms with Gasteiger partial charge in [-0.1, -0.05) is 0 Å². The zero-order valence-electron chi connectivity index (χ0n) is 5.38. The van der Waals surface area contributed by atoms with Gasteiger partial charge in [0, 0.05) is 16.8 Å². The van der Waals surface area contributed by atoms with E-state index in [0.29, 0.717) is 12.0 Å². The molecule has 0 saturated heterocycles. The summed E-state index contributed by atoms with van der Waals surface area (Å²) in [5.41, 5.74) is 5.70. The van der Waals surface area contributed by atoms with Gasteiger partial charge in [-0.05, 0) is 34.5 Å². The molecular weight excluding hydrogens is 210 g/mol. The highest BCUT2D eigenvalue weighted by Crippen LogP contribution is 2.43. The van der Waals surface area contributed by atoms with Gasteiger partial charge in [0.25, 0.3) is 0 Å². The van der Waals surface area contributed by atoms with E-state index in [1.54, 1.807) is 11.3 Å². The van der Waals surface area contributed by atoms with E-state index >= 15 is 0 Å². The molecule has 0 unspecified atom stereocenters. The van der Waals surface area contributed by atoms with E-state index in [1.165, 1.54) is 15.1 Å². The molecule has 1 aliphatic rings. The summed E-state index contributed by atoms with van der Waals surface area (Å²) in [5.74, 6) is 0.663. The minimum Gasteiger partial charge on any atom is -0.327 e. The van der Waals surface area contributed by atoms with E-state index < -0.39 is 0 Å². The Morgan fingerprint density at radius 3 is 2.70 bits per heavy atom. The van der Waals surface area contributed by atoms with E-state index in [-0.39, 0.29) is 0 Å². The molecular formula is C7H8BrNS. The summed E-state index contributed by atoms with van der Waals surface area (Å²) in [4.78, 5) is 1.43. The molecule has 3 heteroatoms. The Morgan fingerprint density at radius 2 is 2.30 bits per heavy atom. The van der Waals surface area contributed by atoms with Crippen molar-refractivity contribution in [3.63, 3.8) is 0 Å². The second-order valence-electron chi connectivity index (χ2n) is 2.65. The lowest BCUT2D eigenvalue weighted by Crippen LogP contribution is -1.99. The summed E-state index contributed by atoms with van der Waals surface area (Å²) in [6.07, 6.45) is 1.17. The molecule has 10 heavy (non-hydrogen) atoms. The van der Waals surface area contributed by atoms with Gasteiger partial charge in [-0.2, -0.15) is 0 Å². The number of nitrogens with two attached hydrogens (primary N) is 1. The molecule has 1 heterocycles. The lowest BCUT2D eigenvalue weighted by molar-refractivity contribution is 1.01. The monoisotopic (exact) mass is 217 g/mol. The molecule has 1 aliphatic carbocycles. The van der Waals surface area contributed by atoms with Crippen molar-refractivity contribution in [2.45, 2.75) is 18.4 Å². The third-order valence-corrected chi connectivity index (χ3v) is 3.55. The van der Waals surface area contributed by atoms with Crippen LogP contribution in [0.4, 0.5) is 0 Å². The van der Waals surface area contributed by atoms with Gasteiger partial charge in [0.05, 0.1) is 3.79 Å². The second kappa shape index (κ2) is 2.32. The van der Waals surface area contributed by atoms with Crippen molar-refractivity contribution in [1.29, 1.82) is 0 Å². The minimum absolute atomic E-state index is 0.436. The van der Waals surface area contributed by atoms with Crippen LogP contribution in [-0.4, -0.2) is 6.04 Å². The highest BCUT2D eigenvalue weighted by Gasteiger charge is 2.35. The number of hydrogen-bond donors (Lipinski definition) is 1. The molecule has 0 spiro atoms. The smallest absolute Gasteiger partial charge is 0.0701 e. The lowest BCUT2D eigenvalue weighted by Gasteiger charge is -1.86. The van der Waals surface area contributed by atoms with E-state index in [9.17, 15) is 0 Å². The number of thiophene rings is 1. The van der Waals surface area contributed by atoms with Crippen LogP contribution < -0.4 is 5.73 Å². The van der Waals surface area contributed by atoms with Crippen molar-refractivity contribution in [3.05, 3.63) is 20.8 Å². The van der Waals surface area contributed by atoms with E-state index in [0.717, 1.165) is 0 Å². The molecule has 0 amide bonds. The first-order valence-electron chi connectivity index (χ1n) is 3.28. The van der Waals surface area contributed by atoms with Gasteiger partial charge in [-0.15, -0.1) is 11.3 Å². The molecule has 0 aromatic carbocycles. The Labute approximate surface area is 72.4 Å². The van der Waals surface area contributed by atoms with Crippen molar-refractivity contribution in [2.24, 2.45) is 5.73 Å². The highest BCUT2D eigenvalue weighted by atomic mass is 79.9. The third-order valence-electron chi connectivity index (χ3n) is 1.80. The fraction of sp³-hybridized carbons (Fsp3) is 0.429. The zero-order chi connectivity index (χ0) is 7.14. The predicted octanol–water partition coefficient (Wildman–Crippen LogP) is 2.33. The fourth-order valence-electron chi connectivity index (χ4n) is 1.07. The fourth-order valence-corrected chi connectivity index (χ4v) is 2.68. The van der Waals surface area contributed by atoms with Crippen molar-refractivity contribution < 1.29 is 0 Å². The third kappa shape index (κ3) is 1.13. The van der Waals surface area contributed by atoms with Crippen LogP contribution >= 0.6 is 27.3 Å². The molecule has 1 aromatic rings. The summed E-state index contributed by atoms with van der Waals surface area (Å²) in [6.45, 7) is 0. The van der Waals surface area contributed by atoms with Gasteiger partial charge < -0.3 is 5.73 Å². The Balaban J connectivity index is 2.20. The molecule has 0 radical (unpaired) electrons. The molecule has 0 aliphatic heterocycles. The standard InChI is InChI=1S/C7H8BrNS/c8-7-2-1-6(10-7)4-3-5(4)9/h1-2,4-5H,3,9H2/t4-,5+/m0/s1. The lowest BCUT2D eigenvalue weighted by atomic mass is 10.3. The van der Waals surface area contributed by atoms with E-state index in [2.05, 4.69) is 28.1 Å².